The van der Waals surface area contributed by atoms with Crippen molar-refractivity contribution in [2.24, 2.45) is 0 Å². The van der Waals surface area contributed by atoms with E-state index in [2.05, 4.69) is 10.6 Å². The summed E-state index contributed by atoms with van der Waals surface area (Å²) in [6.45, 7) is 0.0642. The average Bonchev–Trinajstić information content (AvgIpc) is 2.65. The predicted octanol–water partition coefficient (Wildman–Crippen LogP) is 1.64. The Bertz CT molecular complexity index is 974. The van der Waals surface area contributed by atoms with Crippen LogP contribution in [0.4, 0.5) is 10.1 Å². The average molecular weight is 392 g/mol. The molecule has 2 aromatic carbocycles. The Morgan fingerprint density at radius 2 is 1.93 bits per heavy atom. The van der Waals surface area contributed by atoms with Gasteiger partial charge in [-0.25, -0.2) is 12.8 Å². The molecule has 0 aliphatic carbocycles. The van der Waals surface area contributed by atoms with Gasteiger partial charge in [-0.3, -0.25) is 9.59 Å². The van der Waals surface area contributed by atoms with E-state index in [9.17, 15) is 22.4 Å². The van der Waals surface area contributed by atoms with Crippen molar-refractivity contribution in [2.75, 3.05) is 17.7 Å². The molecule has 2 amide bonds. The van der Waals surface area contributed by atoms with E-state index in [0.717, 1.165) is 0 Å². The summed E-state index contributed by atoms with van der Waals surface area (Å²) in [4.78, 5) is 23.3. The minimum atomic E-state index is -3.71. The quantitative estimate of drug-likeness (QED) is 0.778. The first-order valence-corrected chi connectivity index (χ1v) is 9.79. The number of halogens is 1. The molecule has 0 fully saturated rings. The molecule has 0 spiro atoms. The largest absolute Gasteiger partial charge is 0.482 e. The summed E-state index contributed by atoms with van der Waals surface area (Å²) in [5.41, 5.74) is 0.992. The van der Waals surface area contributed by atoms with E-state index in [-0.39, 0.29) is 47.6 Å². The molecule has 0 aromatic heterocycles. The van der Waals surface area contributed by atoms with E-state index in [1.54, 1.807) is 0 Å². The minimum Gasteiger partial charge on any atom is -0.482 e. The van der Waals surface area contributed by atoms with Crippen LogP contribution in [0.5, 0.6) is 5.75 Å². The normalized spacial score (nSPS) is 13.3. The third kappa shape index (κ3) is 4.82. The second kappa shape index (κ2) is 7.75. The highest BCUT2D eigenvalue weighted by atomic mass is 32.2. The molecule has 2 aromatic rings. The van der Waals surface area contributed by atoms with Gasteiger partial charge in [0, 0.05) is 13.0 Å². The Labute approximate surface area is 155 Å². The van der Waals surface area contributed by atoms with Crippen molar-refractivity contribution in [3.63, 3.8) is 0 Å². The van der Waals surface area contributed by atoms with Crippen molar-refractivity contribution < 1.29 is 27.1 Å². The Balaban J connectivity index is 1.58. The molecule has 0 saturated heterocycles. The van der Waals surface area contributed by atoms with Gasteiger partial charge in [0.1, 0.15) is 11.6 Å². The molecule has 0 bridgehead atoms. The molecule has 0 saturated carbocycles. The van der Waals surface area contributed by atoms with Crippen LogP contribution in [-0.2, 0) is 26.0 Å². The Kier molecular flexibility index (Phi) is 5.41. The molecule has 142 valence electrons. The number of nitrogens with one attached hydrogen (secondary N) is 2. The summed E-state index contributed by atoms with van der Waals surface area (Å²) in [7, 11) is -3.71. The summed E-state index contributed by atoms with van der Waals surface area (Å²) in [5, 5.41) is 5.14. The Hall–Kier alpha value is -2.94. The van der Waals surface area contributed by atoms with Gasteiger partial charge in [-0.15, -0.1) is 0 Å². The molecular weight excluding hydrogens is 375 g/mol. The molecule has 1 aliphatic heterocycles. The fourth-order valence-corrected chi connectivity index (χ4v) is 3.75. The number of amides is 2. The number of hydrogen-bond donors (Lipinski definition) is 2. The molecule has 3 rings (SSSR count). The highest BCUT2D eigenvalue weighted by molar-refractivity contribution is 7.91. The van der Waals surface area contributed by atoms with Crippen molar-refractivity contribution in [1.29, 1.82) is 0 Å². The lowest BCUT2D eigenvalue weighted by Gasteiger charge is -2.18. The monoisotopic (exact) mass is 392 g/mol. The maximum Gasteiger partial charge on any atom is 0.262 e. The van der Waals surface area contributed by atoms with Gasteiger partial charge >= 0.3 is 0 Å². The number of ether oxygens (including phenoxy) is 1. The summed E-state index contributed by atoms with van der Waals surface area (Å²) in [5.74, 6) is -1.15. The van der Waals surface area contributed by atoms with Gasteiger partial charge in [-0.2, -0.15) is 0 Å². The third-order valence-electron chi connectivity index (χ3n) is 3.94. The van der Waals surface area contributed by atoms with Crippen molar-refractivity contribution >= 4 is 27.3 Å². The van der Waals surface area contributed by atoms with E-state index >= 15 is 0 Å². The molecule has 0 radical (unpaired) electrons. The van der Waals surface area contributed by atoms with E-state index in [0.29, 0.717) is 11.3 Å². The molecule has 2 N–H and O–H groups in total. The fraction of sp³-hybridized carbons (Fsp3) is 0.222. The van der Waals surface area contributed by atoms with Crippen molar-refractivity contribution in [3.05, 3.63) is 53.8 Å². The molecule has 1 aliphatic rings. The Morgan fingerprint density at radius 3 is 2.67 bits per heavy atom. The third-order valence-corrected chi connectivity index (χ3v) is 5.66. The molecule has 7 nitrogen and oxygen atoms in total. The fourth-order valence-electron chi connectivity index (χ4n) is 2.49. The first-order chi connectivity index (χ1) is 12.8. The summed E-state index contributed by atoms with van der Waals surface area (Å²) in [6.07, 6.45) is -0.219. The molecule has 0 unspecified atom stereocenters. The maximum atomic E-state index is 12.8. The van der Waals surface area contributed by atoms with Crippen LogP contribution >= 0.6 is 0 Å². The molecule has 0 atom stereocenters. The van der Waals surface area contributed by atoms with Crippen molar-refractivity contribution in [2.45, 2.75) is 17.9 Å². The number of sulfone groups is 1. The number of carbonyl (C=O) groups excluding carboxylic acids is 2. The van der Waals surface area contributed by atoms with Crippen LogP contribution in [-0.4, -0.2) is 32.6 Å². The lowest BCUT2D eigenvalue weighted by atomic mass is 10.2. The number of carbonyl (C=O) groups is 2. The van der Waals surface area contributed by atoms with Crippen LogP contribution in [0.25, 0.3) is 0 Å². The minimum absolute atomic E-state index is 0.00150. The molecular formula is C18H17FN2O5S. The molecule has 27 heavy (non-hydrogen) atoms. The van der Waals surface area contributed by atoms with Gasteiger partial charge in [0.2, 0.25) is 5.91 Å². The zero-order valence-corrected chi connectivity index (χ0v) is 15.0. The zero-order valence-electron chi connectivity index (χ0n) is 14.2. The van der Waals surface area contributed by atoms with Crippen LogP contribution in [0.2, 0.25) is 0 Å². The van der Waals surface area contributed by atoms with Crippen LogP contribution < -0.4 is 15.4 Å². The lowest BCUT2D eigenvalue weighted by Crippen LogP contribution is -2.26. The second-order valence-electron chi connectivity index (χ2n) is 5.97. The van der Waals surface area contributed by atoms with Crippen LogP contribution in [0.3, 0.4) is 0 Å². The van der Waals surface area contributed by atoms with Gasteiger partial charge in [-0.1, -0.05) is 12.1 Å². The van der Waals surface area contributed by atoms with Gasteiger partial charge in [0.05, 0.1) is 16.3 Å². The van der Waals surface area contributed by atoms with Crippen LogP contribution in [0.15, 0.2) is 47.4 Å². The topological polar surface area (TPSA) is 102 Å². The number of fused-ring (bicyclic) bond motifs is 1. The summed E-state index contributed by atoms with van der Waals surface area (Å²) >= 11 is 0. The summed E-state index contributed by atoms with van der Waals surface area (Å²) in [6, 6.07) is 9.80. The maximum absolute atomic E-state index is 12.8. The van der Waals surface area contributed by atoms with Crippen molar-refractivity contribution in [1.82, 2.24) is 5.32 Å². The van der Waals surface area contributed by atoms with Gasteiger partial charge in [-0.05, 0) is 35.9 Å². The number of hydrogen-bond acceptors (Lipinski definition) is 5. The number of benzene rings is 2. The van der Waals surface area contributed by atoms with Crippen LogP contribution in [0, 0.1) is 5.82 Å². The van der Waals surface area contributed by atoms with Crippen LogP contribution in [0.1, 0.15) is 12.0 Å². The second-order valence-corrected chi connectivity index (χ2v) is 8.08. The standard InChI is InChI=1S/C18H17FN2O5S/c19-13-3-1-12(2-4-13)10-20-17(22)7-8-27(24,25)14-5-6-16-15(9-14)21-18(23)11-26-16/h1-6,9H,7-8,10-11H2,(H,20,22)(H,21,23). The smallest absolute Gasteiger partial charge is 0.262 e. The number of rotatable bonds is 6. The van der Waals surface area contributed by atoms with Gasteiger partial charge < -0.3 is 15.4 Å². The van der Waals surface area contributed by atoms with E-state index in [1.807, 2.05) is 0 Å². The van der Waals surface area contributed by atoms with Gasteiger partial charge in [0.15, 0.2) is 16.4 Å². The SMILES string of the molecule is O=C(CCS(=O)(=O)c1ccc2c(c1)NC(=O)CO2)NCc1ccc(F)cc1. The highest BCUT2D eigenvalue weighted by Crippen LogP contribution is 2.30. The predicted molar refractivity (Wildman–Crippen MR) is 95.5 cm³/mol. The zero-order chi connectivity index (χ0) is 19.4. The van der Waals surface area contributed by atoms with E-state index in [4.69, 9.17) is 4.74 Å². The summed E-state index contributed by atoms with van der Waals surface area (Å²) < 4.78 is 42.9. The molecule has 9 heteroatoms. The first kappa shape index (κ1) is 18.8. The molecule has 1 heterocycles. The van der Waals surface area contributed by atoms with Gasteiger partial charge in [0.25, 0.3) is 5.91 Å². The van der Waals surface area contributed by atoms with Crippen molar-refractivity contribution in [3.8, 4) is 5.75 Å². The highest BCUT2D eigenvalue weighted by Gasteiger charge is 2.21. The van der Waals surface area contributed by atoms with E-state index in [1.165, 1.54) is 42.5 Å². The number of anilines is 1. The first-order valence-electron chi connectivity index (χ1n) is 8.14. The van der Waals surface area contributed by atoms with E-state index < -0.39 is 15.7 Å². The Morgan fingerprint density at radius 1 is 1.19 bits per heavy atom. The lowest BCUT2D eigenvalue weighted by molar-refractivity contribution is -0.121.